The Balaban J connectivity index is 0.000000180. The number of aryl methyl sites for hydroxylation is 3. The van der Waals surface area contributed by atoms with E-state index in [4.69, 9.17) is 38.1 Å². The van der Waals surface area contributed by atoms with E-state index in [0.717, 1.165) is 82.2 Å². The van der Waals surface area contributed by atoms with Crippen LogP contribution in [-0.2, 0) is 66.6 Å². The normalized spacial score (nSPS) is 13.1. The van der Waals surface area contributed by atoms with E-state index in [-0.39, 0.29) is 74.9 Å². The summed E-state index contributed by atoms with van der Waals surface area (Å²) in [5.41, 5.74) is 10.9. The highest BCUT2D eigenvalue weighted by Gasteiger charge is 2.33. The number of esters is 3. The molecule has 6 aromatic carbocycles. The SMILES string of the molecule is COC(=O)c1ccc([C@H](C)NC(=O)c2c(C)nn3c2N(Cc2cccc(OCCO)c2)CC3)cc1.COC(=O)c1ccc([C@H](C)NC(=O)c2c(C)nn3c2N(Cc2cccc(OCCOS(C)(=O)=O)c2)CC3)cc1.COC(=O)c1ccc([C@H](C)NC(=O)c2c(C)nn3c2NCC3)cc1.OCCOc1cccc(CBr)c1. The van der Waals surface area contributed by atoms with Crippen molar-refractivity contribution in [2.45, 2.75) is 97.7 Å². The first-order chi connectivity index (χ1) is 52.8. The molecule has 0 radical (unpaired) electrons. The highest BCUT2D eigenvalue weighted by atomic mass is 79.9. The van der Waals surface area contributed by atoms with Gasteiger partial charge in [0.15, 0.2) is 0 Å². The average Bonchev–Trinajstić information content (AvgIpc) is 1.62. The molecule has 110 heavy (non-hydrogen) atoms. The highest BCUT2D eigenvalue weighted by Crippen LogP contribution is 2.34. The molecule has 6 N–H and O–H groups in total. The predicted molar refractivity (Wildman–Crippen MR) is 416 cm³/mol. The van der Waals surface area contributed by atoms with Crippen molar-refractivity contribution in [2.24, 2.45) is 0 Å². The van der Waals surface area contributed by atoms with Gasteiger partial charge in [0.1, 0.15) is 77.8 Å². The van der Waals surface area contributed by atoms with Crippen molar-refractivity contribution in [1.29, 1.82) is 0 Å². The first-order valence-corrected chi connectivity index (χ1v) is 38.5. The van der Waals surface area contributed by atoms with Gasteiger partial charge in [0.25, 0.3) is 27.8 Å². The molecular weight excluding hydrogens is 1500 g/mol. The number of anilines is 3. The lowest BCUT2D eigenvalue weighted by Crippen LogP contribution is -2.29. The standard InChI is InChI=1S/C27H32N4O7S.C26H30N4O5.C17H20N4O3.C9H11BrO2/c1-18(21-8-10-22(11-9-21)27(33)36-3)28-25(32)24-19(2)29-31-13-12-30(26(24)31)17-20-6-5-7-23(16-20)37-14-15-38-39(4,34)35;1-17(20-7-9-21(10-8-20)26(33)34-3)27-24(32)23-18(2)28-30-12-11-29(25(23)30)16-19-5-4-6-22(15-19)35-14-13-31;1-10(12-4-6-13(7-5-12)17(23)24-3)19-16(22)14-11(2)20-21-9-8-18-15(14)21;10-7-8-2-1-3-9(6-8)12-5-4-11/h5-11,16,18H,12-15,17H2,1-4H3,(H,28,32);4-10,15,17,31H,11-14,16H2,1-3H3,(H,27,32);4-7,10,18H,8-9H2,1-3H3,(H,19,22);1-3,6,11H,4-5,7H2/t18-;17-;10-;/m000./s1. The Labute approximate surface area is 647 Å². The number of aliphatic hydroxyl groups is 2. The van der Waals surface area contributed by atoms with Gasteiger partial charge in [0.2, 0.25) is 0 Å². The summed E-state index contributed by atoms with van der Waals surface area (Å²) in [6, 6.07) is 43.2. The molecule has 0 fully saturated rings. The summed E-state index contributed by atoms with van der Waals surface area (Å²) in [6.45, 7) is 17.3. The lowest BCUT2D eigenvalue weighted by atomic mass is 10.1. The van der Waals surface area contributed by atoms with Crippen molar-refractivity contribution in [1.82, 2.24) is 45.3 Å². The maximum Gasteiger partial charge on any atom is 0.337 e. The van der Waals surface area contributed by atoms with Crippen molar-refractivity contribution < 1.29 is 80.0 Å². The zero-order valence-corrected chi connectivity index (χ0v) is 65.5. The second-order valence-corrected chi connectivity index (χ2v) is 28.0. The molecule has 3 aliphatic heterocycles. The van der Waals surface area contributed by atoms with Crippen LogP contribution in [0.4, 0.5) is 17.5 Å². The maximum absolute atomic E-state index is 13.4. The van der Waals surface area contributed by atoms with Gasteiger partial charge in [-0.15, -0.1) is 0 Å². The molecule has 31 heteroatoms. The van der Waals surface area contributed by atoms with Crippen molar-refractivity contribution in [3.63, 3.8) is 0 Å². The number of nitrogens with zero attached hydrogens (tertiary/aromatic N) is 8. The Bertz CT molecular complexity index is 4780. The van der Waals surface area contributed by atoms with Gasteiger partial charge in [-0.3, -0.25) is 18.6 Å². The van der Waals surface area contributed by atoms with Crippen molar-refractivity contribution >= 4 is 79.1 Å². The molecule has 0 bridgehead atoms. The molecule has 0 unspecified atom stereocenters. The molecular formula is C79H93BrN12O17S. The van der Waals surface area contributed by atoms with Gasteiger partial charge < -0.3 is 69.7 Å². The summed E-state index contributed by atoms with van der Waals surface area (Å²) >= 11 is 3.35. The van der Waals surface area contributed by atoms with E-state index in [0.29, 0.717) is 101 Å². The molecule has 0 aliphatic carbocycles. The Kier molecular flexibility index (Phi) is 29.6. The van der Waals surface area contributed by atoms with Crippen LogP contribution in [0.3, 0.4) is 0 Å². The third-order valence-electron chi connectivity index (χ3n) is 17.9. The fraction of sp³-hybridized carbons (Fsp3) is 0.354. The number of benzene rings is 6. The summed E-state index contributed by atoms with van der Waals surface area (Å²) in [5.74, 6) is 2.66. The van der Waals surface area contributed by atoms with E-state index in [2.05, 4.69) is 67.0 Å². The molecule has 6 heterocycles. The molecule has 0 saturated carbocycles. The Morgan fingerprint density at radius 3 is 1.21 bits per heavy atom. The molecule has 0 saturated heterocycles. The number of methoxy groups -OCH3 is 3. The van der Waals surface area contributed by atoms with Crippen molar-refractivity contribution in [2.75, 3.05) is 102 Å². The summed E-state index contributed by atoms with van der Waals surface area (Å²) in [6.07, 6.45) is 0.995. The van der Waals surface area contributed by atoms with Crippen LogP contribution < -0.4 is 45.3 Å². The average molecular weight is 1590 g/mol. The Morgan fingerprint density at radius 2 is 0.836 bits per heavy atom. The smallest absolute Gasteiger partial charge is 0.337 e. The summed E-state index contributed by atoms with van der Waals surface area (Å²) < 4.78 is 63.0. The number of ether oxygens (including phenoxy) is 6. The van der Waals surface area contributed by atoms with Gasteiger partial charge in [-0.05, 0) is 148 Å². The quantitative estimate of drug-likeness (QED) is 0.00873. The first-order valence-electron chi connectivity index (χ1n) is 35.5. The second-order valence-electron chi connectivity index (χ2n) is 25.8. The van der Waals surface area contributed by atoms with Gasteiger partial charge in [0, 0.05) is 38.1 Å². The number of carbonyl (C=O) groups excluding carboxylic acids is 6. The minimum atomic E-state index is -3.51. The van der Waals surface area contributed by atoms with Crippen LogP contribution in [-0.4, -0.2) is 170 Å². The van der Waals surface area contributed by atoms with E-state index in [1.807, 2.05) is 147 Å². The lowest BCUT2D eigenvalue weighted by molar-refractivity contribution is 0.0592. The van der Waals surface area contributed by atoms with E-state index in [1.165, 1.54) is 26.9 Å². The number of rotatable bonds is 28. The maximum atomic E-state index is 13.4. The topological polar surface area (TPSA) is 350 Å². The number of alkyl halides is 1. The second kappa shape index (κ2) is 39.3. The molecule has 9 aromatic rings. The lowest BCUT2D eigenvalue weighted by Gasteiger charge is -2.21. The van der Waals surface area contributed by atoms with Crippen LogP contribution >= 0.6 is 15.9 Å². The van der Waals surface area contributed by atoms with Crippen LogP contribution in [0.2, 0.25) is 0 Å². The Hall–Kier alpha value is -11.1. The third-order valence-corrected chi connectivity index (χ3v) is 19.1. The van der Waals surface area contributed by atoms with Crippen molar-refractivity contribution in [3.8, 4) is 17.2 Å². The largest absolute Gasteiger partial charge is 0.491 e. The number of nitrogens with one attached hydrogen (secondary N) is 4. The van der Waals surface area contributed by atoms with Crippen LogP contribution in [0.25, 0.3) is 0 Å². The number of fused-ring (bicyclic) bond motifs is 3. The van der Waals surface area contributed by atoms with E-state index >= 15 is 0 Å². The molecule has 3 atom stereocenters. The van der Waals surface area contributed by atoms with Gasteiger partial charge in [-0.25, -0.2) is 28.4 Å². The molecule has 12 rings (SSSR count). The molecule has 584 valence electrons. The zero-order chi connectivity index (χ0) is 79.2. The third kappa shape index (κ3) is 22.1. The van der Waals surface area contributed by atoms with Crippen LogP contribution in [0.15, 0.2) is 146 Å². The molecule has 0 spiro atoms. The zero-order valence-electron chi connectivity index (χ0n) is 63.1. The van der Waals surface area contributed by atoms with Gasteiger partial charge in [-0.2, -0.15) is 23.7 Å². The number of hydrogen-bond donors (Lipinski definition) is 6. The summed E-state index contributed by atoms with van der Waals surface area (Å²) in [4.78, 5) is 78.5. The Morgan fingerprint density at radius 1 is 0.482 bits per heavy atom. The van der Waals surface area contributed by atoms with Crippen molar-refractivity contribution in [3.05, 3.63) is 229 Å². The number of aromatic nitrogens is 6. The molecule has 29 nitrogen and oxygen atoms in total. The minimum absolute atomic E-state index is 0.0405. The fourth-order valence-electron chi connectivity index (χ4n) is 12.5. The highest BCUT2D eigenvalue weighted by molar-refractivity contribution is 9.08. The summed E-state index contributed by atoms with van der Waals surface area (Å²) in [7, 11) is 0.510. The summed E-state index contributed by atoms with van der Waals surface area (Å²) in [5, 5.41) is 44.2. The molecule has 3 aromatic heterocycles. The van der Waals surface area contributed by atoms with Gasteiger partial charge in [0.05, 0.1) is 112 Å². The number of carbonyl (C=O) groups is 6. The molecule has 3 aliphatic rings. The van der Waals surface area contributed by atoms with Gasteiger partial charge in [-0.1, -0.05) is 88.7 Å². The number of aliphatic hydroxyl groups excluding tert-OH is 2. The molecule has 3 amide bonds. The monoisotopic (exact) mass is 1590 g/mol. The first kappa shape index (κ1) is 82.9. The van der Waals surface area contributed by atoms with E-state index < -0.39 is 22.1 Å². The number of hydrogen-bond acceptors (Lipinski definition) is 23. The minimum Gasteiger partial charge on any atom is -0.491 e. The van der Waals surface area contributed by atoms with Crippen LogP contribution in [0.1, 0.15) is 152 Å². The number of halogens is 1. The van der Waals surface area contributed by atoms with E-state index in [9.17, 15) is 37.2 Å². The van der Waals surface area contributed by atoms with E-state index in [1.54, 1.807) is 54.6 Å². The number of amides is 3. The fourth-order valence-corrected chi connectivity index (χ4v) is 13.2. The van der Waals surface area contributed by atoms with Gasteiger partial charge >= 0.3 is 17.9 Å². The van der Waals surface area contributed by atoms with Crippen LogP contribution in [0, 0.1) is 20.8 Å². The van der Waals surface area contributed by atoms with Crippen LogP contribution in [0.5, 0.6) is 17.2 Å². The predicted octanol–water partition coefficient (Wildman–Crippen LogP) is 9.55.